The molecular weight excluding hydrogens is 338 g/mol. The van der Waals surface area contributed by atoms with Crippen LogP contribution in [0.4, 0.5) is 0 Å². The van der Waals surface area contributed by atoms with Gasteiger partial charge in [-0.25, -0.2) is 13.2 Å². The van der Waals surface area contributed by atoms with Gasteiger partial charge in [0.1, 0.15) is 0 Å². The smallest absolute Gasteiger partial charge is 0.335 e. The van der Waals surface area contributed by atoms with E-state index in [0.717, 1.165) is 10.4 Å². The number of halogens is 1. The number of nitrogens with zero attached hydrogens (tertiary/aromatic N) is 1. The van der Waals surface area contributed by atoms with Crippen molar-refractivity contribution in [1.82, 2.24) is 4.31 Å². The Morgan fingerprint density at radius 3 is 2.53 bits per heavy atom. The largest absolute Gasteiger partial charge is 0.478 e. The molecule has 1 aromatic carbocycles. The molecule has 0 saturated heterocycles. The van der Waals surface area contributed by atoms with Crippen LogP contribution in [0.3, 0.4) is 0 Å². The number of carboxylic acids is 1. The normalized spacial score (nSPS) is 13.5. The molecule has 0 aliphatic carbocycles. The molecule has 1 unspecified atom stereocenters. The molecule has 1 rings (SSSR count). The molecule has 0 fully saturated rings. The van der Waals surface area contributed by atoms with Crippen LogP contribution in [0.1, 0.15) is 17.3 Å². The predicted octanol–water partition coefficient (Wildman–Crippen LogP) is 1.15. The third-order valence-electron chi connectivity index (χ3n) is 2.72. The van der Waals surface area contributed by atoms with E-state index >= 15 is 0 Å². The van der Waals surface area contributed by atoms with Crippen molar-refractivity contribution < 1.29 is 23.4 Å². The molecule has 0 saturated carbocycles. The van der Waals surface area contributed by atoms with Gasteiger partial charge in [-0.05, 0) is 41.1 Å². The van der Waals surface area contributed by atoms with Crippen LogP contribution in [0.2, 0.25) is 0 Å². The number of hydrogen-bond donors (Lipinski definition) is 2. The van der Waals surface area contributed by atoms with Crippen molar-refractivity contribution in [2.45, 2.75) is 17.9 Å². The number of carboxylic acid groups (broad SMARTS) is 1. The first-order valence-electron chi connectivity index (χ1n) is 5.33. The summed E-state index contributed by atoms with van der Waals surface area (Å²) in [6.07, 6.45) is 0. The van der Waals surface area contributed by atoms with Crippen LogP contribution >= 0.6 is 15.9 Å². The van der Waals surface area contributed by atoms with Gasteiger partial charge in [-0.1, -0.05) is 0 Å². The number of aromatic carboxylic acids is 1. The van der Waals surface area contributed by atoms with Crippen molar-refractivity contribution in [3.63, 3.8) is 0 Å². The Kier molecular flexibility index (Phi) is 5.08. The van der Waals surface area contributed by atoms with E-state index in [2.05, 4.69) is 15.9 Å². The second-order valence-electron chi connectivity index (χ2n) is 4.00. The minimum Gasteiger partial charge on any atom is -0.478 e. The molecule has 0 amide bonds. The van der Waals surface area contributed by atoms with Crippen LogP contribution in [0.15, 0.2) is 27.6 Å². The highest BCUT2D eigenvalue weighted by atomic mass is 79.9. The quantitative estimate of drug-likeness (QED) is 0.829. The van der Waals surface area contributed by atoms with E-state index in [-0.39, 0.29) is 21.5 Å². The maximum atomic E-state index is 12.3. The topological polar surface area (TPSA) is 94.9 Å². The molecule has 0 heterocycles. The summed E-state index contributed by atoms with van der Waals surface area (Å²) in [5.74, 6) is -1.21. The lowest BCUT2D eigenvalue weighted by atomic mass is 10.2. The lowest BCUT2D eigenvalue weighted by Crippen LogP contribution is -2.37. The van der Waals surface area contributed by atoms with E-state index in [1.807, 2.05) is 0 Å². The van der Waals surface area contributed by atoms with Gasteiger partial charge < -0.3 is 10.2 Å². The summed E-state index contributed by atoms with van der Waals surface area (Å²) in [4.78, 5) is 10.7. The van der Waals surface area contributed by atoms with Crippen molar-refractivity contribution in [3.05, 3.63) is 28.2 Å². The Balaban J connectivity index is 3.36. The van der Waals surface area contributed by atoms with Crippen molar-refractivity contribution in [3.8, 4) is 0 Å². The molecule has 6 nitrogen and oxygen atoms in total. The van der Waals surface area contributed by atoms with Gasteiger partial charge in [-0.3, -0.25) is 0 Å². The van der Waals surface area contributed by atoms with Gasteiger partial charge >= 0.3 is 5.97 Å². The van der Waals surface area contributed by atoms with Gasteiger partial charge in [0.05, 0.1) is 17.1 Å². The van der Waals surface area contributed by atoms with Crippen molar-refractivity contribution in [2.24, 2.45) is 0 Å². The average molecular weight is 352 g/mol. The second-order valence-corrected chi connectivity index (χ2v) is 6.82. The average Bonchev–Trinajstić information content (AvgIpc) is 2.36. The summed E-state index contributed by atoms with van der Waals surface area (Å²) < 4.78 is 25.9. The molecule has 0 aliphatic rings. The van der Waals surface area contributed by atoms with Gasteiger partial charge in [0.15, 0.2) is 0 Å². The summed E-state index contributed by atoms with van der Waals surface area (Å²) in [7, 11) is -2.54. The Morgan fingerprint density at radius 1 is 1.47 bits per heavy atom. The summed E-state index contributed by atoms with van der Waals surface area (Å²) in [6.45, 7) is 1.22. The van der Waals surface area contributed by atoms with E-state index in [1.165, 1.54) is 19.2 Å². The van der Waals surface area contributed by atoms with Crippen LogP contribution in [-0.4, -0.2) is 48.6 Å². The number of aliphatic hydroxyl groups excluding tert-OH is 1. The van der Waals surface area contributed by atoms with Gasteiger partial charge in [0.25, 0.3) is 0 Å². The molecule has 8 heteroatoms. The highest BCUT2D eigenvalue weighted by Gasteiger charge is 2.27. The molecule has 106 valence electrons. The lowest BCUT2D eigenvalue weighted by molar-refractivity contribution is 0.0696. The Labute approximate surface area is 119 Å². The summed E-state index contributed by atoms with van der Waals surface area (Å²) in [5.41, 5.74) is -0.119. The van der Waals surface area contributed by atoms with E-state index in [0.29, 0.717) is 0 Å². The SMILES string of the molecule is CC(CO)N(C)S(=O)(=O)c1cc(C(=O)O)ccc1Br. The molecule has 2 N–H and O–H groups in total. The zero-order chi connectivity index (χ0) is 14.8. The standard InChI is InChI=1S/C11H14BrNO5S/c1-7(6-14)13(2)19(17,18)10-5-8(11(15)16)3-4-9(10)12/h3-5,7,14H,6H2,1-2H3,(H,15,16). The van der Waals surface area contributed by atoms with Gasteiger partial charge in [-0.2, -0.15) is 4.31 Å². The fourth-order valence-electron chi connectivity index (χ4n) is 1.34. The third kappa shape index (κ3) is 3.33. The molecule has 0 aliphatic heterocycles. The summed E-state index contributed by atoms with van der Waals surface area (Å²) in [5, 5.41) is 17.9. The summed E-state index contributed by atoms with van der Waals surface area (Å²) in [6, 6.07) is 3.15. The van der Waals surface area contributed by atoms with E-state index in [9.17, 15) is 13.2 Å². The fraction of sp³-hybridized carbons (Fsp3) is 0.364. The van der Waals surface area contributed by atoms with Crippen LogP contribution in [0, 0.1) is 0 Å². The highest BCUT2D eigenvalue weighted by Crippen LogP contribution is 2.26. The molecule has 19 heavy (non-hydrogen) atoms. The van der Waals surface area contributed by atoms with Gasteiger partial charge in [-0.15, -0.1) is 0 Å². The number of likely N-dealkylation sites (N-methyl/N-ethyl adjacent to an activating group) is 1. The minimum atomic E-state index is -3.87. The second kappa shape index (κ2) is 6.00. The minimum absolute atomic E-state index is 0.119. The lowest BCUT2D eigenvalue weighted by Gasteiger charge is -2.23. The number of sulfonamides is 1. The predicted molar refractivity (Wildman–Crippen MR) is 72.6 cm³/mol. The van der Waals surface area contributed by atoms with E-state index in [1.54, 1.807) is 6.92 Å². The Hall–Kier alpha value is -0.960. The Morgan fingerprint density at radius 2 is 2.05 bits per heavy atom. The molecule has 0 aromatic heterocycles. The first-order valence-corrected chi connectivity index (χ1v) is 7.57. The maximum Gasteiger partial charge on any atom is 0.335 e. The van der Waals surface area contributed by atoms with Crippen LogP contribution in [0.25, 0.3) is 0 Å². The number of carbonyl (C=O) groups is 1. The maximum absolute atomic E-state index is 12.3. The fourth-order valence-corrected chi connectivity index (χ4v) is 3.64. The van der Waals surface area contributed by atoms with Gasteiger partial charge in [0.2, 0.25) is 10.0 Å². The first kappa shape index (κ1) is 16.1. The van der Waals surface area contributed by atoms with Crippen LogP contribution in [-0.2, 0) is 10.0 Å². The van der Waals surface area contributed by atoms with Crippen molar-refractivity contribution >= 4 is 31.9 Å². The number of hydrogen-bond acceptors (Lipinski definition) is 4. The zero-order valence-electron chi connectivity index (χ0n) is 10.4. The van der Waals surface area contributed by atoms with Crippen molar-refractivity contribution in [1.29, 1.82) is 0 Å². The number of benzene rings is 1. The monoisotopic (exact) mass is 351 g/mol. The molecular formula is C11H14BrNO5S. The van der Waals surface area contributed by atoms with Gasteiger partial charge in [0, 0.05) is 17.6 Å². The molecule has 0 radical (unpaired) electrons. The van der Waals surface area contributed by atoms with Crippen LogP contribution < -0.4 is 0 Å². The number of rotatable bonds is 5. The molecule has 1 aromatic rings. The Bertz CT molecular complexity index is 587. The van der Waals surface area contributed by atoms with Crippen LogP contribution in [0.5, 0.6) is 0 Å². The highest BCUT2D eigenvalue weighted by molar-refractivity contribution is 9.10. The summed E-state index contributed by atoms with van der Waals surface area (Å²) >= 11 is 3.09. The molecule has 0 spiro atoms. The zero-order valence-corrected chi connectivity index (χ0v) is 12.8. The van der Waals surface area contributed by atoms with Crippen molar-refractivity contribution in [2.75, 3.05) is 13.7 Å². The third-order valence-corrected chi connectivity index (χ3v) is 5.69. The molecule has 0 bridgehead atoms. The molecule has 1 atom stereocenters. The first-order chi connectivity index (χ1) is 8.71. The number of aliphatic hydroxyl groups is 1. The van der Waals surface area contributed by atoms with E-state index < -0.39 is 22.0 Å². The van der Waals surface area contributed by atoms with E-state index in [4.69, 9.17) is 10.2 Å².